The molecule has 4 heterocycles. The Kier molecular flexibility index (Phi) is 4.37. The minimum absolute atomic E-state index is 0.304. The zero-order valence-corrected chi connectivity index (χ0v) is 14.0. The van der Waals surface area contributed by atoms with Crippen molar-refractivity contribution < 1.29 is 9.53 Å². The maximum Gasteiger partial charge on any atom is 0.231 e. The summed E-state index contributed by atoms with van der Waals surface area (Å²) in [5.41, 5.74) is -0.319. The van der Waals surface area contributed by atoms with Crippen LogP contribution in [0, 0.1) is 11.3 Å². The molecular weight excluding hydrogens is 306 g/mol. The van der Waals surface area contributed by atoms with Gasteiger partial charge in [0.1, 0.15) is 0 Å². The first-order valence-electron chi connectivity index (χ1n) is 8.89. The van der Waals surface area contributed by atoms with Gasteiger partial charge in [-0.2, -0.15) is 0 Å². The van der Waals surface area contributed by atoms with E-state index in [-0.39, 0.29) is 5.41 Å². The van der Waals surface area contributed by atoms with Crippen LogP contribution in [0.3, 0.4) is 0 Å². The molecular formula is C17H25N5O2. The van der Waals surface area contributed by atoms with Crippen LogP contribution in [-0.4, -0.2) is 73.3 Å². The Bertz CT molecular complexity index is 578. The number of aromatic nitrogens is 2. The Hall–Kier alpha value is -1.73. The molecule has 0 bridgehead atoms. The lowest BCUT2D eigenvalue weighted by atomic mass is 9.73. The van der Waals surface area contributed by atoms with E-state index in [1.54, 1.807) is 12.4 Å². The summed E-state index contributed by atoms with van der Waals surface area (Å²) in [4.78, 5) is 26.5. The van der Waals surface area contributed by atoms with E-state index in [1.807, 2.05) is 11.0 Å². The number of nitrogens with one attached hydrogen (secondary N) is 1. The van der Waals surface area contributed by atoms with Gasteiger partial charge in [-0.1, -0.05) is 0 Å². The third-order valence-corrected chi connectivity index (χ3v) is 5.62. The number of morpholine rings is 1. The van der Waals surface area contributed by atoms with Crippen LogP contribution in [0.15, 0.2) is 18.5 Å². The zero-order chi connectivity index (χ0) is 16.4. The van der Waals surface area contributed by atoms with E-state index >= 15 is 0 Å². The van der Waals surface area contributed by atoms with Gasteiger partial charge < -0.3 is 19.9 Å². The van der Waals surface area contributed by atoms with E-state index in [4.69, 9.17) is 4.74 Å². The molecule has 0 radical (unpaired) electrons. The van der Waals surface area contributed by atoms with Crippen molar-refractivity contribution >= 4 is 11.9 Å². The molecule has 7 nitrogen and oxygen atoms in total. The first-order chi connectivity index (χ1) is 11.8. The maximum atomic E-state index is 13.5. The average molecular weight is 331 g/mol. The van der Waals surface area contributed by atoms with Crippen LogP contribution in [0.4, 0.5) is 5.95 Å². The molecule has 3 saturated heterocycles. The summed E-state index contributed by atoms with van der Waals surface area (Å²) in [5, 5.41) is 3.51. The highest BCUT2D eigenvalue weighted by Crippen LogP contribution is 2.43. The minimum Gasteiger partial charge on any atom is -0.378 e. The number of fused-ring (bicyclic) bond motifs is 1. The van der Waals surface area contributed by atoms with Crippen LogP contribution in [0.25, 0.3) is 0 Å². The molecule has 0 aromatic carbocycles. The normalized spacial score (nSPS) is 30.8. The first kappa shape index (κ1) is 15.8. The summed E-state index contributed by atoms with van der Waals surface area (Å²) in [5.74, 6) is 1.34. The van der Waals surface area contributed by atoms with Crippen molar-refractivity contribution in [1.29, 1.82) is 0 Å². The number of hydrogen-bond donors (Lipinski definition) is 1. The molecule has 0 spiro atoms. The molecule has 3 aliphatic heterocycles. The molecule has 0 saturated carbocycles. The van der Waals surface area contributed by atoms with Gasteiger partial charge in [-0.3, -0.25) is 4.79 Å². The Morgan fingerprint density at radius 3 is 2.88 bits per heavy atom. The van der Waals surface area contributed by atoms with Crippen molar-refractivity contribution in [3.8, 4) is 0 Å². The van der Waals surface area contributed by atoms with E-state index in [0.29, 0.717) is 38.1 Å². The Morgan fingerprint density at radius 2 is 2.08 bits per heavy atom. The maximum absolute atomic E-state index is 13.5. The Morgan fingerprint density at radius 1 is 1.29 bits per heavy atom. The highest BCUT2D eigenvalue weighted by molar-refractivity contribution is 5.85. The highest BCUT2D eigenvalue weighted by Gasteiger charge is 2.54. The van der Waals surface area contributed by atoms with Gasteiger partial charge in [0.2, 0.25) is 11.9 Å². The molecule has 3 fully saturated rings. The van der Waals surface area contributed by atoms with Gasteiger partial charge in [0, 0.05) is 51.0 Å². The van der Waals surface area contributed by atoms with Gasteiger partial charge in [0.15, 0.2) is 0 Å². The Labute approximate surface area is 142 Å². The van der Waals surface area contributed by atoms with Crippen molar-refractivity contribution in [3.63, 3.8) is 0 Å². The Balaban J connectivity index is 1.62. The quantitative estimate of drug-likeness (QED) is 0.831. The molecule has 2 atom stereocenters. The fourth-order valence-corrected chi connectivity index (χ4v) is 4.36. The third-order valence-electron chi connectivity index (χ3n) is 5.62. The van der Waals surface area contributed by atoms with Crippen LogP contribution in [-0.2, 0) is 9.53 Å². The molecule has 130 valence electrons. The van der Waals surface area contributed by atoms with Gasteiger partial charge in [-0.25, -0.2) is 9.97 Å². The fourth-order valence-electron chi connectivity index (χ4n) is 4.36. The monoisotopic (exact) mass is 331 g/mol. The highest BCUT2D eigenvalue weighted by atomic mass is 16.5. The number of carbonyl (C=O) groups is 1. The van der Waals surface area contributed by atoms with Gasteiger partial charge in [-0.05, 0) is 25.5 Å². The van der Waals surface area contributed by atoms with E-state index in [2.05, 4.69) is 20.2 Å². The van der Waals surface area contributed by atoms with Gasteiger partial charge in [-0.15, -0.1) is 0 Å². The predicted octanol–water partition coefficient (Wildman–Crippen LogP) is 0.141. The smallest absolute Gasteiger partial charge is 0.231 e. The topological polar surface area (TPSA) is 70.6 Å². The third kappa shape index (κ3) is 2.75. The molecule has 7 heteroatoms. The molecule has 0 aliphatic carbocycles. The minimum atomic E-state index is -0.319. The summed E-state index contributed by atoms with van der Waals surface area (Å²) in [6.07, 6.45) is 5.51. The van der Waals surface area contributed by atoms with Crippen LogP contribution in [0.1, 0.15) is 12.8 Å². The molecule has 4 rings (SSSR count). The zero-order valence-electron chi connectivity index (χ0n) is 14.0. The summed E-state index contributed by atoms with van der Waals surface area (Å²) < 4.78 is 5.42. The van der Waals surface area contributed by atoms with Gasteiger partial charge in [0.25, 0.3) is 0 Å². The summed E-state index contributed by atoms with van der Waals surface area (Å²) in [7, 11) is 0. The molecule has 24 heavy (non-hydrogen) atoms. The number of amides is 1. The first-order valence-corrected chi connectivity index (χ1v) is 8.89. The molecule has 1 aromatic rings. The second kappa shape index (κ2) is 6.64. The van der Waals surface area contributed by atoms with Crippen LogP contribution in [0.2, 0.25) is 0 Å². The van der Waals surface area contributed by atoms with Crippen molar-refractivity contribution in [2.45, 2.75) is 12.8 Å². The molecule has 1 amide bonds. The SMILES string of the molecule is O=C(N1CCOCC1)[C@]12CCCNC[C@H]1CN(c1ncccn1)C2. The van der Waals surface area contributed by atoms with Crippen molar-refractivity contribution in [2.75, 3.05) is 57.4 Å². The number of ether oxygens (including phenoxy) is 1. The van der Waals surface area contributed by atoms with E-state index in [9.17, 15) is 4.79 Å². The molecule has 0 unspecified atom stereocenters. The van der Waals surface area contributed by atoms with Crippen molar-refractivity contribution in [2.24, 2.45) is 11.3 Å². The molecule has 3 aliphatic rings. The lowest BCUT2D eigenvalue weighted by Crippen LogP contribution is -2.52. The number of rotatable bonds is 2. The van der Waals surface area contributed by atoms with Crippen LogP contribution >= 0.6 is 0 Å². The largest absolute Gasteiger partial charge is 0.378 e. The lowest BCUT2D eigenvalue weighted by Gasteiger charge is -2.38. The average Bonchev–Trinajstić information content (AvgIpc) is 2.91. The summed E-state index contributed by atoms with van der Waals surface area (Å²) >= 11 is 0. The van der Waals surface area contributed by atoms with Gasteiger partial charge in [0.05, 0.1) is 18.6 Å². The standard InChI is InChI=1S/C17H25N5O2/c23-15(21-7-9-24-10-8-21)17-3-1-4-18-11-14(17)12-22(13-17)16-19-5-2-6-20-16/h2,5-6,14,18H,1,3-4,7-13H2/t14-,17-/m0/s1. The lowest BCUT2D eigenvalue weighted by molar-refractivity contribution is -0.147. The summed E-state index contributed by atoms with van der Waals surface area (Å²) in [6, 6.07) is 1.83. The van der Waals surface area contributed by atoms with E-state index < -0.39 is 0 Å². The second-order valence-corrected chi connectivity index (χ2v) is 6.99. The van der Waals surface area contributed by atoms with Crippen LogP contribution < -0.4 is 10.2 Å². The molecule has 1 aromatic heterocycles. The number of carbonyl (C=O) groups excluding carboxylic acids is 1. The predicted molar refractivity (Wildman–Crippen MR) is 89.7 cm³/mol. The summed E-state index contributed by atoms with van der Waals surface area (Å²) in [6.45, 7) is 6.17. The fraction of sp³-hybridized carbons (Fsp3) is 0.706. The van der Waals surface area contributed by atoms with Crippen molar-refractivity contribution in [1.82, 2.24) is 20.2 Å². The van der Waals surface area contributed by atoms with Gasteiger partial charge >= 0.3 is 0 Å². The van der Waals surface area contributed by atoms with E-state index in [1.165, 1.54) is 0 Å². The van der Waals surface area contributed by atoms with Crippen LogP contribution in [0.5, 0.6) is 0 Å². The molecule has 1 N–H and O–H groups in total. The van der Waals surface area contributed by atoms with Crippen molar-refractivity contribution in [3.05, 3.63) is 18.5 Å². The second-order valence-electron chi connectivity index (χ2n) is 6.99. The number of hydrogen-bond acceptors (Lipinski definition) is 6. The van der Waals surface area contributed by atoms with E-state index in [0.717, 1.165) is 45.0 Å². The number of anilines is 1. The number of nitrogens with zero attached hydrogens (tertiary/aromatic N) is 4.